The quantitative estimate of drug-likeness (QED) is 0.610. The van der Waals surface area contributed by atoms with E-state index in [0.29, 0.717) is 0 Å². The van der Waals surface area contributed by atoms with Crippen molar-refractivity contribution in [3.63, 3.8) is 0 Å². The molecule has 1 atom stereocenters. The van der Waals surface area contributed by atoms with E-state index in [-0.39, 0.29) is 6.04 Å². The summed E-state index contributed by atoms with van der Waals surface area (Å²) in [5.41, 5.74) is 0.893. The third-order valence-electron chi connectivity index (χ3n) is 4.02. The highest BCUT2D eigenvalue weighted by atomic mass is 16.4. The lowest BCUT2D eigenvalue weighted by Gasteiger charge is -2.19. The average Bonchev–Trinajstić information content (AvgIpc) is 2.93. The van der Waals surface area contributed by atoms with Crippen molar-refractivity contribution in [1.29, 1.82) is 0 Å². The Morgan fingerprint density at radius 3 is 2.37 bits per heavy atom. The molecule has 0 amide bonds. The minimum atomic E-state index is 0.138. The number of rotatable bonds is 1. The van der Waals surface area contributed by atoms with Crippen LogP contribution in [0.4, 0.5) is 0 Å². The van der Waals surface area contributed by atoms with Gasteiger partial charge in [-0.1, -0.05) is 50.1 Å². The molecule has 2 rings (SSSR count). The highest BCUT2D eigenvalue weighted by molar-refractivity contribution is 5.87. The summed E-state index contributed by atoms with van der Waals surface area (Å²) in [4.78, 5) is 0. The van der Waals surface area contributed by atoms with E-state index >= 15 is 0 Å². The first-order valence-corrected chi connectivity index (χ1v) is 7.62. The lowest BCUT2D eigenvalue weighted by molar-refractivity contribution is 0.309. The van der Waals surface area contributed by atoms with Gasteiger partial charge in [0.25, 0.3) is 0 Å². The van der Waals surface area contributed by atoms with Gasteiger partial charge in [0.15, 0.2) is 0 Å². The van der Waals surface area contributed by atoms with E-state index in [1.807, 2.05) is 16.9 Å². The molecular formula is C15H25N3O. The van der Waals surface area contributed by atoms with Gasteiger partial charge in [-0.3, -0.25) is 4.68 Å². The van der Waals surface area contributed by atoms with E-state index < -0.39 is 0 Å². The maximum atomic E-state index is 9.31. The number of nitrogens with zero attached hydrogens (tertiary/aromatic N) is 3. The fraction of sp³-hybridized carbons (Fsp3) is 0.733. The molecule has 19 heavy (non-hydrogen) atoms. The van der Waals surface area contributed by atoms with Crippen molar-refractivity contribution in [2.24, 2.45) is 5.16 Å². The molecule has 1 aromatic heterocycles. The third kappa shape index (κ3) is 4.37. The van der Waals surface area contributed by atoms with Crippen molar-refractivity contribution in [2.75, 3.05) is 0 Å². The van der Waals surface area contributed by atoms with Crippen molar-refractivity contribution >= 4 is 5.71 Å². The monoisotopic (exact) mass is 263 g/mol. The van der Waals surface area contributed by atoms with Gasteiger partial charge in [0, 0.05) is 12.4 Å². The van der Waals surface area contributed by atoms with Crippen molar-refractivity contribution in [2.45, 2.75) is 70.3 Å². The number of oxime groups is 1. The van der Waals surface area contributed by atoms with Crippen molar-refractivity contribution < 1.29 is 5.21 Å². The Morgan fingerprint density at radius 1 is 1.05 bits per heavy atom. The summed E-state index contributed by atoms with van der Waals surface area (Å²) in [6, 6.07) is 2.07. The van der Waals surface area contributed by atoms with Crippen molar-refractivity contribution in [3.05, 3.63) is 18.5 Å². The molecule has 0 aliphatic heterocycles. The Morgan fingerprint density at radius 2 is 1.74 bits per heavy atom. The van der Waals surface area contributed by atoms with E-state index in [0.717, 1.165) is 25.0 Å². The first-order valence-electron chi connectivity index (χ1n) is 7.62. The Labute approximate surface area is 115 Å². The second kappa shape index (κ2) is 7.97. The highest BCUT2D eigenvalue weighted by Crippen LogP contribution is 2.22. The van der Waals surface area contributed by atoms with Crippen LogP contribution in [0.3, 0.4) is 0 Å². The minimum Gasteiger partial charge on any atom is -0.411 e. The molecule has 1 aromatic rings. The Balaban J connectivity index is 2.04. The molecule has 1 saturated carbocycles. The molecule has 0 spiro atoms. The molecule has 1 fully saturated rings. The van der Waals surface area contributed by atoms with Gasteiger partial charge in [-0.15, -0.1) is 0 Å². The zero-order chi connectivity index (χ0) is 13.3. The third-order valence-corrected chi connectivity index (χ3v) is 4.02. The summed E-state index contributed by atoms with van der Waals surface area (Å²) in [6.45, 7) is 0. The minimum absolute atomic E-state index is 0.138. The van der Waals surface area contributed by atoms with Crippen molar-refractivity contribution in [1.82, 2.24) is 9.78 Å². The summed E-state index contributed by atoms with van der Waals surface area (Å²) in [7, 11) is 0. The van der Waals surface area contributed by atoms with Crippen LogP contribution in [0.2, 0.25) is 0 Å². The van der Waals surface area contributed by atoms with Crippen molar-refractivity contribution in [3.8, 4) is 0 Å². The number of hydrogen-bond donors (Lipinski definition) is 1. The standard InChI is InChI=1S/C15H25N3O/c19-17-14-10-7-5-3-1-2-4-6-8-11-15(14)18-13-9-12-16-18/h9,12-13,15,19H,1-8,10-11H2/b17-14-. The zero-order valence-corrected chi connectivity index (χ0v) is 11.7. The molecular weight excluding hydrogens is 238 g/mol. The topological polar surface area (TPSA) is 50.4 Å². The predicted octanol–water partition coefficient (Wildman–Crippen LogP) is 4.17. The molecule has 0 aromatic carbocycles. The van der Waals surface area contributed by atoms with Gasteiger partial charge in [0.1, 0.15) is 0 Å². The smallest absolute Gasteiger partial charge is 0.0933 e. The highest BCUT2D eigenvalue weighted by Gasteiger charge is 2.19. The van der Waals surface area contributed by atoms with E-state index in [2.05, 4.69) is 10.3 Å². The molecule has 4 heteroatoms. The van der Waals surface area contributed by atoms with Gasteiger partial charge in [0.05, 0.1) is 11.8 Å². The van der Waals surface area contributed by atoms with Gasteiger partial charge in [-0.25, -0.2) is 0 Å². The molecule has 1 unspecified atom stereocenters. The van der Waals surface area contributed by atoms with Gasteiger partial charge in [0.2, 0.25) is 0 Å². The summed E-state index contributed by atoms with van der Waals surface area (Å²) in [6.07, 6.45) is 15.9. The average molecular weight is 263 g/mol. The van der Waals surface area contributed by atoms with Crippen LogP contribution >= 0.6 is 0 Å². The van der Waals surface area contributed by atoms with Crippen LogP contribution < -0.4 is 0 Å². The van der Waals surface area contributed by atoms with Crippen LogP contribution in [0, 0.1) is 0 Å². The van der Waals surface area contributed by atoms with Gasteiger partial charge >= 0.3 is 0 Å². The van der Waals surface area contributed by atoms with Crippen LogP contribution in [-0.2, 0) is 0 Å². The SMILES string of the molecule is O/N=C1/CCCCCCCCCCC1n1cccn1. The molecule has 4 nitrogen and oxygen atoms in total. The summed E-state index contributed by atoms with van der Waals surface area (Å²) >= 11 is 0. The zero-order valence-electron chi connectivity index (χ0n) is 11.7. The van der Waals surface area contributed by atoms with E-state index in [1.54, 1.807) is 6.20 Å². The van der Waals surface area contributed by atoms with Crippen LogP contribution in [-0.4, -0.2) is 20.7 Å². The van der Waals surface area contributed by atoms with Crippen LogP contribution in [0.1, 0.15) is 70.3 Å². The van der Waals surface area contributed by atoms with Gasteiger partial charge in [-0.2, -0.15) is 5.10 Å². The summed E-state index contributed by atoms with van der Waals surface area (Å²) in [5.74, 6) is 0. The lowest BCUT2D eigenvalue weighted by atomic mass is 9.96. The first-order chi connectivity index (χ1) is 9.42. The molecule has 1 aliphatic carbocycles. The fourth-order valence-corrected chi connectivity index (χ4v) is 2.90. The maximum absolute atomic E-state index is 9.31. The second-order valence-corrected chi connectivity index (χ2v) is 5.46. The normalized spacial score (nSPS) is 25.7. The van der Waals surface area contributed by atoms with Gasteiger partial charge < -0.3 is 5.21 Å². The first kappa shape index (κ1) is 14.1. The predicted molar refractivity (Wildman–Crippen MR) is 76.7 cm³/mol. The van der Waals surface area contributed by atoms with Gasteiger partial charge in [-0.05, 0) is 25.3 Å². The Hall–Kier alpha value is -1.32. The van der Waals surface area contributed by atoms with E-state index in [4.69, 9.17) is 0 Å². The molecule has 106 valence electrons. The van der Waals surface area contributed by atoms with Crippen LogP contribution in [0.15, 0.2) is 23.6 Å². The molecule has 1 N–H and O–H groups in total. The number of aromatic nitrogens is 2. The number of hydrogen-bond acceptors (Lipinski definition) is 3. The Bertz CT molecular complexity index is 373. The largest absolute Gasteiger partial charge is 0.411 e. The fourth-order valence-electron chi connectivity index (χ4n) is 2.90. The lowest BCUT2D eigenvalue weighted by Crippen LogP contribution is -2.20. The molecule has 1 heterocycles. The Kier molecular flexibility index (Phi) is 5.92. The molecule has 0 bridgehead atoms. The van der Waals surface area contributed by atoms with E-state index in [1.165, 1.54) is 44.9 Å². The summed E-state index contributed by atoms with van der Waals surface area (Å²) < 4.78 is 1.95. The van der Waals surface area contributed by atoms with E-state index in [9.17, 15) is 5.21 Å². The summed E-state index contributed by atoms with van der Waals surface area (Å²) in [5, 5.41) is 17.2. The molecule has 0 radical (unpaired) electrons. The molecule has 0 saturated heterocycles. The molecule has 1 aliphatic rings. The maximum Gasteiger partial charge on any atom is 0.0933 e. The van der Waals surface area contributed by atoms with Crippen LogP contribution in [0.5, 0.6) is 0 Å². The van der Waals surface area contributed by atoms with Crippen LogP contribution in [0.25, 0.3) is 0 Å². The second-order valence-electron chi connectivity index (χ2n) is 5.46.